The smallest absolute Gasteiger partial charge is 0.399 e. The molecule has 0 radical (unpaired) electrons. The SMILES string of the molecule is CC1(C)OB(c2ccc3c(c2)sc(=O)n3CC2CC2(F)F)OC1(C)C. The Kier molecular flexibility index (Phi) is 3.54. The maximum atomic E-state index is 13.2. The van der Waals surface area contributed by atoms with E-state index < -0.39 is 30.2 Å². The van der Waals surface area contributed by atoms with E-state index in [1.165, 1.54) is 4.57 Å². The van der Waals surface area contributed by atoms with Gasteiger partial charge in [-0.2, -0.15) is 0 Å². The third kappa shape index (κ3) is 2.75. The molecular weight excluding hydrogens is 347 g/mol. The quantitative estimate of drug-likeness (QED) is 0.784. The highest BCUT2D eigenvalue weighted by atomic mass is 32.1. The maximum Gasteiger partial charge on any atom is 0.494 e. The lowest BCUT2D eigenvalue weighted by Gasteiger charge is -2.32. The average molecular weight is 367 g/mol. The molecule has 2 aliphatic rings. The van der Waals surface area contributed by atoms with Crippen LogP contribution in [0.15, 0.2) is 23.0 Å². The zero-order valence-electron chi connectivity index (χ0n) is 14.6. The Hall–Kier alpha value is -1.25. The summed E-state index contributed by atoms with van der Waals surface area (Å²) < 4.78 is 40.7. The molecule has 1 aromatic heterocycles. The number of benzene rings is 1. The van der Waals surface area contributed by atoms with Crippen LogP contribution in [0.3, 0.4) is 0 Å². The monoisotopic (exact) mass is 367 g/mol. The summed E-state index contributed by atoms with van der Waals surface area (Å²) >= 11 is 1.07. The molecule has 0 N–H and O–H groups in total. The van der Waals surface area contributed by atoms with Crippen molar-refractivity contribution in [3.63, 3.8) is 0 Å². The van der Waals surface area contributed by atoms with E-state index in [1.807, 2.05) is 39.8 Å². The van der Waals surface area contributed by atoms with Crippen molar-refractivity contribution in [2.45, 2.75) is 57.8 Å². The summed E-state index contributed by atoms with van der Waals surface area (Å²) in [6.45, 7) is 8.00. The van der Waals surface area contributed by atoms with Crippen molar-refractivity contribution in [1.82, 2.24) is 4.57 Å². The van der Waals surface area contributed by atoms with Gasteiger partial charge in [0, 0.05) is 18.9 Å². The minimum atomic E-state index is -2.63. The molecule has 4 rings (SSSR count). The normalized spacial score (nSPS) is 26.3. The molecule has 0 spiro atoms. The van der Waals surface area contributed by atoms with Gasteiger partial charge in [-0.1, -0.05) is 17.4 Å². The maximum absolute atomic E-state index is 13.2. The van der Waals surface area contributed by atoms with Crippen molar-refractivity contribution in [2.75, 3.05) is 0 Å². The molecule has 1 saturated heterocycles. The summed E-state index contributed by atoms with van der Waals surface area (Å²) in [5, 5.41) is 0. The number of thiazole rings is 1. The number of halogens is 2. The van der Waals surface area contributed by atoms with Crippen LogP contribution in [0.1, 0.15) is 34.1 Å². The highest BCUT2D eigenvalue weighted by Gasteiger charge is 2.57. The molecule has 134 valence electrons. The Balaban J connectivity index is 1.65. The van der Waals surface area contributed by atoms with Crippen molar-refractivity contribution in [2.24, 2.45) is 5.92 Å². The number of fused-ring (bicyclic) bond motifs is 1. The Bertz CT molecular complexity index is 889. The van der Waals surface area contributed by atoms with Crippen LogP contribution in [-0.4, -0.2) is 28.8 Å². The lowest BCUT2D eigenvalue weighted by Crippen LogP contribution is -2.41. The van der Waals surface area contributed by atoms with Crippen LogP contribution in [0.5, 0.6) is 0 Å². The minimum absolute atomic E-state index is 0.0711. The Labute approximate surface area is 148 Å². The fraction of sp³-hybridized carbons (Fsp3) is 0.588. The third-order valence-electron chi connectivity index (χ3n) is 5.58. The fourth-order valence-corrected chi connectivity index (χ4v) is 4.02. The summed E-state index contributed by atoms with van der Waals surface area (Å²) in [6.07, 6.45) is -0.136. The van der Waals surface area contributed by atoms with Gasteiger partial charge >= 0.3 is 12.0 Å². The van der Waals surface area contributed by atoms with Gasteiger partial charge in [0.05, 0.1) is 21.4 Å². The van der Waals surface area contributed by atoms with E-state index in [0.717, 1.165) is 21.5 Å². The Morgan fingerprint density at radius 1 is 1.24 bits per heavy atom. The van der Waals surface area contributed by atoms with E-state index in [9.17, 15) is 13.6 Å². The second-order valence-electron chi connectivity index (χ2n) is 7.96. The molecule has 1 aliphatic heterocycles. The van der Waals surface area contributed by atoms with Gasteiger partial charge in [-0.3, -0.25) is 9.36 Å². The molecule has 2 aromatic rings. The van der Waals surface area contributed by atoms with Gasteiger partial charge in [0.15, 0.2) is 0 Å². The summed E-state index contributed by atoms with van der Waals surface area (Å²) in [7, 11) is -0.507. The van der Waals surface area contributed by atoms with Crippen LogP contribution < -0.4 is 10.3 Å². The van der Waals surface area contributed by atoms with Crippen molar-refractivity contribution in [1.29, 1.82) is 0 Å². The average Bonchev–Trinajstić information content (AvgIpc) is 2.85. The van der Waals surface area contributed by atoms with Crippen molar-refractivity contribution >= 4 is 34.1 Å². The lowest BCUT2D eigenvalue weighted by atomic mass is 9.79. The molecule has 8 heteroatoms. The molecular formula is C17H20BF2NO3S. The Morgan fingerprint density at radius 3 is 2.40 bits per heavy atom. The molecule has 2 fully saturated rings. The number of aromatic nitrogens is 1. The van der Waals surface area contributed by atoms with Gasteiger partial charge in [-0.05, 0) is 45.3 Å². The molecule has 25 heavy (non-hydrogen) atoms. The minimum Gasteiger partial charge on any atom is -0.399 e. The second-order valence-corrected chi connectivity index (χ2v) is 8.95. The first kappa shape index (κ1) is 17.2. The first-order chi connectivity index (χ1) is 11.5. The molecule has 1 aliphatic carbocycles. The molecule has 1 aromatic carbocycles. The van der Waals surface area contributed by atoms with Crippen LogP contribution in [0.4, 0.5) is 8.78 Å². The van der Waals surface area contributed by atoms with Gasteiger partial charge in [0.25, 0.3) is 5.92 Å². The number of alkyl halides is 2. The molecule has 1 saturated carbocycles. The van der Waals surface area contributed by atoms with Crippen LogP contribution in [0, 0.1) is 5.92 Å². The van der Waals surface area contributed by atoms with E-state index in [4.69, 9.17) is 9.31 Å². The van der Waals surface area contributed by atoms with E-state index in [0.29, 0.717) is 5.52 Å². The largest absolute Gasteiger partial charge is 0.494 e. The molecule has 2 heterocycles. The molecule has 0 bridgehead atoms. The van der Waals surface area contributed by atoms with Gasteiger partial charge < -0.3 is 9.31 Å². The predicted octanol–water partition coefficient (Wildman–Crippen LogP) is 3.02. The van der Waals surface area contributed by atoms with E-state index in [-0.39, 0.29) is 17.8 Å². The molecule has 0 amide bonds. The van der Waals surface area contributed by atoms with E-state index >= 15 is 0 Å². The lowest BCUT2D eigenvalue weighted by molar-refractivity contribution is 0.00578. The first-order valence-corrected chi connectivity index (χ1v) is 9.19. The first-order valence-electron chi connectivity index (χ1n) is 8.37. The summed E-state index contributed by atoms with van der Waals surface area (Å²) in [6, 6.07) is 5.51. The van der Waals surface area contributed by atoms with Crippen molar-refractivity contribution in [3.8, 4) is 0 Å². The van der Waals surface area contributed by atoms with Crippen molar-refractivity contribution < 1.29 is 18.1 Å². The van der Waals surface area contributed by atoms with Gasteiger partial charge in [0.1, 0.15) is 0 Å². The van der Waals surface area contributed by atoms with E-state index in [2.05, 4.69) is 0 Å². The van der Waals surface area contributed by atoms with Gasteiger partial charge in [0.2, 0.25) is 0 Å². The molecule has 4 nitrogen and oxygen atoms in total. The fourth-order valence-electron chi connectivity index (χ4n) is 3.07. The highest BCUT2D eigenvalue weighted by Crippen LogP contribution is 2.49. The highest BCUT2D eigenvalue weighted by molar-refractivity contribution is 7.16. The number of rotatable bonds is 3. The summed E-state index contributed by atoms with van der Waals surface area (Å²) in [4.78, 5) is 12.0. The zero-order chi connectivity index (χ0) is 18.2. The number of hydrogen-bond acceptors (Lipinski definition) is 4. The standard InChI is InChI=1S/C17H20BF2NO3S/c1-15(2)16(3,4)24-18(23-15)11-5-6-12-13(7-11)25-14(22)21(12)9-10-8-17(10,19)20/h5-7,10H,8-9H2,1-4H3. The zero-order valence-corrected chi connectivity index (χ0v) is 15.5. The van der Waals surface area contributed by atoms with Gasteiger partial charge in [-0.15, -0.1) is 0 Å². The summed E-state index contributed by atoms with van der Waals surface area (Å²) in [5.74, 6) is -3.36. The van der Waals surface area contributed by atoms with E-state index in [1.54, 1.807) is 6.07 Å². The molecule has 1 atom stereocenters. The van der Waals surface area contributed by atoms with Crippen LogP contribution in [0.25, 0.3) is 10.2 Å². The number of hydrogen-bond donors (Lipinski definition) is 0. The molecule has 1 unspecified atom stereocenters. The Morgan fingerprint density at radius 2 is 1.84 bits per heavy atom. The predicted molar refractivity (Wildman–Crippen MR) is 94.9 cm³/mol. The van der Waals surface area contributed by atoms with Crippen LogP contribution in [0.2, 0.25) is 0 Å². The summed E-state index contributed by atoms with van der Waals surface area (Å²) in [5.41, 5.74) is 0.640. The van der Waals surface area contributed by atoms with Gasteiger partial charge in [-0.25, -0.2) is 8.78 Å². The van der Waals surface area contributed by atoms with Crippen LogP contribution >= 0.6 is 11.3 Å². The topological polar surface area (TPSA) is 40.5 Å². The van der Waals surface area contributed by atoms with Crippen molar-refractivity contribution in [3.05, 3.63) is 27.9 Å². The van der Waals surface area contributed by atoms with Crippen LogP contribution in [-0.2, 0) is 15.9 Å². The third-order valence-corrected chi connectivity index (χ3v) is 6.52. The second kappa shape index (κ2) is 5.14. The number of nitrogens with zero attached hydrogens (tertiary/aromatic N) is 1.